The zero-order valence-corrected chi connectivity index (χ0v) is 15.1. The van der Waals surface area contributed by atoms with Crippen molar-refractivity contribution in [3.63, 3.8) is 0 Å². The van der Waals surface area contributed by atoms with Crippen molar-refractivity contribution in [2.75, 3.05) is 5.32 Å². The molecule has 0 aromatic carbocycles. The van der Waals surface area contributed by atoms with E-state index in [-0.39, 0.29) is 12.2 Å². The van der Waals surface area contributed by atoms with Crippen LogP contribution in [-0.2, 0) is 30.4 Å². The Bertz CT molecular complexity index is 891. The lowest BCUT2D eigenvalue weighted by molar-refractivity contribution is -0.141. The van der Waals surface area contributed by atoms with Crippen LogP contribution in [0.5, 0.6) is 0 Å². The first-order valence-electron chi connectivity index (χ1n) is 8.15. The maximum atomic E-state index is 12.7. The van der Waals surface area contributed by atoms with Crippen molar-refractivity contribution in [2.45, 2.75) is 45.8 Å². The molecule has 1 unspecified atom stereocenters. The van der Waals surface area contributed by atoms with Crippen LogP contribution in [0.2, 0.25) is 0 Å². The van der Waals surface area contributed by atoms with Gasteiger partial charge in [0, 0.05) is 10.6 Å². The molecule has 1 aliphatic rings. The highest BCUT2D eigenvalue weighted by atomic mass is 32.1. The van der Waals surface area contributed by atoms with Crippen LogP contribution in [0.1, 0.15) is 40.7 Å². The van der Waals surface area contributed by atoms with Crippen molar-refractivity contribution in [1.29, 1.82) is 5.26 Å². The molecule has 138 valence electrons. The van der Waals surface area contributed by atoms with Crippen molar-refractivity contribution in [3.8, 4) is 6.07 Å². The molecule has 1 N–H and O–H groups in total. The van der Waals surface area contributed by atoms with Crippen LogP contribution < -0.4 is 5.32 Å². The molecule has 0 radical (unpaired) electrons. The molecular weight excluding hydrogens is 365 g/mol. The summed E-state index contributed by atoms with van der Waals surface area (Å²) in [4.78, 5) is 13.4. The number of alkyl halides is 3. The summed E-state index contributed by atoms with van der Waals surface area (Å²) in [6.07, 6.45) is -1.88. The van der Waals surface area contributed by atoms with Crippen LogP contribution in [0.3, 0.4) is 0 Å². The number of carbonyl (C=O) groups is 1. The predicted molar refractivity (Wildman–Crippen MR) is 90.8 cm³/mol. The van der Waals surface area contributed by atoms with E-state index >= 15 is 0 Å². The summed E-state index contributed by atoms with van der Waals surface area (Å²) in [6, 6.07) is 3.05. The Morgan fingerprint density at radius 1 is 1.54 bits per heavy atom. The fourth-order valence-corrected chi connectivity index (χ4v) is 4.45. The van der Waals surface area contributed by atoms with Gasteiger partial charge in [0.05, 0.1) is 5.56 Å². The molecule has 1 atom stereocenters. The number of rotatable bonds is 3. The molecular formula is C17H17F3N4OS. The minimum absolute atomic E-state index is 0.243. The van der Waals surface area contributed by atoms with Crippen molar-refractivity contribution < 1.29 is 18.0 Å². The van der Waals surface area contributed by atoms with Crippen LogP contribution in [0.25, 0.3) is 0 Å². The van der Waals surface area contributed by atoms with E-state index in [4.69, 9.17) is 0 Å². The Hall–Kier alpha value is -2.34. The third-order valence-corrected chi connectivity index (χ3v) is 5.61. The molecule has 0 spiro atoms. The van der Waals surface area contributed by atoms with Crippen molar-refractivity contribution in [3.05, 3.63) is 33.5 Å². The van der Waals surface area contributed by atoms with E-state index in [1.54, 1.807) is 0 Å². The number of aryl methyl sites for hydroxylation is 1. The van der Waals surface area contributed by atoms with Gasteiger partial charge in [-0.25, -0.2) is 0 Å². The van der Waals surface area contributed by atoms with E-state index in [2.05, 4.69) is 23.4 Å². The maximum Gasteiger partial charge on any atom is 0.435 e. The highest BCUT2D eigenvalue weighted by Gasteiger charge is 2.34. The molecule has 2 heterocycles. The van der Waals surface area contributed by atoms with Crippen LogP contribution >= 0.6 is 11.3 Å². The molecule has 0 bridgehead atoms. The average molecular weight is 382 g/mol. The lowest BCUT2D eigenvalue weighted by atomic mass is 9.89. The Balaban J connectivity index is 1.77. The van der Waals surface area contributed by atoms with Gasteiger partial charge in [-0.15, -0.1) is 11.3 Å². The molecule has 3 rings (SSSR count). The SMILES string of the molecule is Cc1cc(C(F)(F)F)nn1CC(=O)Nc1sc2c(c1C#N)CCC(C)C2. The third-order valence-electron chi connectivity index (χ3n) is 4.44. The molecule has 0 aliphatic heterocycles. The Morgan fingerprint density at radius 2 is 2.27 bits per heavy atom. The monoisotopic (exact) mass is 382 g/mol. The second-order valence-electron chi connectivity index (χ2n) is 6.54. The van der Waals surface area contributed by atoms with Crippen LogP contribution in [0.15, 0.2) is 6.07 Å². The number of hydrogen-bond donors (Lipinski definition) is 1. The third kappa shape index (κ3) is 3.60. The van der Waals surface area contributed by atoms with Gasteiger partial charge in [-0.2, -0.15) is 23.5 Å². The number of halogens is 3. The quantitative estimate of drug-likeness (QED) is 0.875. The molecule has 5 nitrogen and oxygen atoms in total. The van der Waals surface area contributed by atoms with Gasteiger partial charge in [-0.05, 0) is 43.7 Å². The zero-order chi connectivity index (χ0) is 19.1. The number of nitrogens with one attached hydrogen (secondary N) is 1. The molecule has 1 aliphatic carbocycles. The summed E-state index contributed by atoms with van der Waals surface area (Å²) in [5.74, 6) is 0.0248. The molecule has 9 heteroatoms. The molecule has 1 amide bonds. The number of fused-ring (bicyclic) bond motifs is 1. The number of amides is 1. The minimum atomic E-state index is -4.55. The normalized spacial score (nSPS) is 16.8. The van der Waals surface area contributed by atoms with E-state index in [1.165, 1.54) is 18.3 Å². The predicted octanol–water partition coefficient (Wildman–Crippen LogP) is 3.91. The number of nitriles is 1. The summed E-state index contributed by atoms with van der Waals surface area (Å²) in [7, 11) is 0. The minimum Gasteiger partial charge on any atom is -0.315 e. The Morgan fingerprint density at radius 3 is 2.88 bits per heavy atom. The van der Waals surface area contributed by atoms with E-state index in [0.717, 1.165) is 40.5 Å². The van der Waals surface area contributed by atoms with Crippen LogP contribution in [-0.4, -0.2) is 15.7 Å². The lowest BCUT2D eigenvalue weighted by Gasteiger charge is -2.17. The first-order valence-corrected chi connectivity index (χ1v) is 8.96. The zero-order valence-electron chi connectivity index (χ0n) is 14.3. The first kappa shape index (κ1) is 18.5. The standard InChI is InChI=1S/C17H17F3N4OS/c1-9-3-4-11-12(7-21)16(26-13(11)5-9)22-15(25)8-24-10(2)6-14(23-24)17(18,19)20/h6,9H,3-5,8H2,1-2H3,(H,22,25). The molecule has 26 heavy (non-hydrogen) atoms. The first-order chi connectivity index (χ1) is 12.2. The fraction of sp³-hybridized carbons (Fsp3) is 0.471. The summed E-state index contributed by atoms with van der Waals surface area (Å²) in [5, 5.41) is 16.0. The van der Waals surface area contributed by atoms with Gasteiger partial charge in [0.15, 0.2) is 5.69 Å². The number of hydrogen-bond acceptors (Lipinski definition) is 4. The van der Waals surface area contributed by atoms with Gasteiger partial charge in [0.1, 0.15) is 17.6 Å². The van der Waals surface area contributed by atoms with Gasteiger partial charge in [-0.3, -0.25) is 9.48 Å². The smallest absolute Gasteiger partial charge is 0.315 e. The van der Waals surface area contributed by atoms with Gasteiger partial charge < -0.3 is 5.32 Å². The van der Waals surface area contributed by atoms with Crippen LogP contribution in [0.4, 0.5) is 18.2 Å². The molecule has 2 aromatic rings. The van der Waals surface area contributed by atoms with Crippen molar-refractivity contribution >= 4 is 22.2 Å². The second-order valence-corrected chi connectivity index (χ2v) is 7.65. The lowest BCUT2D eigenvalue weighted by Crippen LogP contribution is -2.20. The summed E-state index contributed by atoms with van der Waals surface area (Å²) in [6.45, 7) is 3.26. The summed E-state index contributed by atoms with van der Waals surface area (Å²) >= 11 is 1.38. The number of carbonyl (C=O) groups excluding carboxylic acids is 1. The van der Waals surface area contributed by atoms with Crippen molar-refractivity contribution in [1.82, 2.24) is 9.78 Å². The number of aromatic nitrogens is 2. The fourth-order valence-electron chi connectivity index (χ4n) is 3.07. The van der Waals surface area contributed by atoms with E-state index < -0.39 is 17.8 Å². The number of thiophene rings is 1. The number of anilines is 1. The molecule has 0 saturated heterocycles. The van der Waals surface area contributed by atoms with Gasteiger partial charge in [0.2, 0.25) is 5.91 Å². The molecule has 0 fully saturated rings. The van der Waals surface area contributed by atoms with E-state index in [1.807, 2.05) is 0 Å². The highest BCUT2D eigenvalue weighted by Crippen LogP contribution is 2.39. The largest absolute Gasteiger partial charge is 0.435 e. The van der Waals surface area contributed by atoms with Crippen LogP contribution in [0, 0.1) is 24.2 Å². The summed E-state index contributed by atoms with van der Waals surface area (Å²) in [5.41, 5.74) is 0.673. The maximum absolute atomic E-state index is 12.7. The average Bonchev–Trinajstić information content (AvgIpc) is 3.06. The molecule has 0 saturated carbocycles. The van der Waals surface area contributed by atoms with Crippen molar-refractivity contribution in [2.24, 2.45) is 5.92 Å². The van der Waals surface area contributed by atoms with Gasteiger partial charge >= 0.3 is 6.18 Å². The second kappa shape index (κ2) is 6.76. The van der Waals surface area contributed by atoms with Gasteiger partial charge in [0.25, 0.3) is 0 Å². The van der Waals surface area contributed by atoms with E-state index in [9.17, 15) is 23.2 Å². The topological polar surface area (TPSA) is 70.7 Å². The summed E-state index contributed by atoms with van der Waals surface area (Å²) < 4.78 is 39.2. The number of nitrogens with zero attached hydrogens (tertiary/aromatic N) is 3. The van der Waals surface area contributed by atoms with Gasteiger partial charge in [-0.1, -0.05) is 6.92 Å². The van der Waals surface area contributed by atoms with E-state index in [0.29, 0.717) is 16.5 Å². The molecule has 2 aromatic heterocycles. The Labute approximate surface area is 152 Å². The Kier molecular flexibility index (Phi) is 4.80. The highest BCUT2D eigenvalue weighted by molar-refractivity contribution is 7.16.